The minimum Gasteiger partial charge on any atom is -0.377 e. The maximum atomic E-state index is 13.4. The van der Waals surface area contributed by atoms with Gasteiger partial charge in [-0.2, -0.15) is 5.10 Å². The lowest BCUT2D eigenvalue weighted by Crippen LogP contribution is -2.50. The molecule has 3 aliphatic heterocycles. The Balaban J connectivity index is 1.14. The summed E-state index contributed by atoms with van der Waals surface area (Å²) in [6, 6.07) is 5.56. The summed E-state index contributed by atoms with van der Waals surface area (Å²) in [5.41, 5.74) is 4.00. The van der Waals surface area contributed by atoms with Gasteiger partial charge in [-0.05, 0) is 63.1 Å². The normalized spacial score (nSPS) is 20.8. The molecule has 4 aliphatic rings. The van der Waals surface area contributed by atoms with Crippen molar-refractivity contribution in [3.05, 3.63) is 52.3 Å². The predicted octanol–water partition coefficient (Wildman–Crippen LogP) is 2.51. The van der Waals surface area contributed by atoms with Gasteiger partial charge >= 0.3 is 0 Å². The second kappa shape index (κ2) is 8.62. The fraction of sp³-hybridized carbons (Fsp3) is 0.536. The van der Waals surface area contributed by atoms with Crippen molar-refractivity contribution in [1.82, 2.24) is 20.0 Å². The molecule has 0 atom stereocenters. The number of Topliss-reactive ketones (excluding diaryl/α,β-unsaturated/α-hetero) is 1. The number of benzene rings is 1. The number of nitrogens with one attached hydrogen (secondary N) is 1. The van der Waals surface area contributed by atoms with Gasteiger partial charge < -0.3 is 15.0 Å². The molecule has 0 saturated carbocycles. The van der Waals surface area contributed by atoms with Crippen molar-refractivity contribution < 1.29 is 19.1 Å². The van der Waals surface area contributed by atoms with Crippen LogP contribution < -0.4 is 5.32 Å². The van der Waals surface area contributed by atoms with Crippen LogP contribution >= 0.6 is 0 Å². The number of amides is 2. The average molecular weight is 504 g/mol. The zero-order valence-corrected chi connectivity index (χ0v) is 21.7. The third-order valence-corrected chi connectivity index (χ3v) is 8.16. The number of piperidine rings is 1. The first-order valence-corrected chi connectivity index (χ1v) is 13.1. The van der Waals surface area contributed by atoms with Gasteiger partial charge in [0, 0.05) is 42.4 Å². The van der Waals surface area contributed by atoms with E-state index in [1.807, 2.05) is 34.0 Å². The van der Waals surface area contributed by atoms with Gasteiger partial charge in [0.2, 0.25) is 0 Å². The number of ketones is 1. The molecule has 37 heavy (non-hydrogen) atoms. The molecular weight excluding hydrogens is 470 g/mol. The molecule has 9 nitrogen and oxygen atoms in total. The Morgan fingerprint density at radius 3 is 2.54 bits per heavy atom. The summed E-state index contributed by atoms with van der Waals surface area (Å²) < 4.78 is 7.04. The van der Waals surface area contributed by atoms with Crippen molar-refractivity contribution in [2.45, 2.75) is 64.6 Å². The van der Waals surface area contributed by atoms with Crippen LogP contribution in [0, 0.1) is 5.41 Å². The van der Waals surface area contributed by atoms with Crippen LogP contribution in [0.25, 0.3) is 0 Å². The molecule has 2 fully saturated rings. The number of carbonyl (C=O) groups excluding carboxylic acids is 3. The van der Waals surface area contributed by atoms with Gasteiger partial charge in [0.25, 0.3) is 11.8 Å². The standard InChI is InChI=1S/C28H33N5O4/c1-27(2,3)33-14-19-11-28(12-22(34)23(19)31-33)6-8-32(9-7-28)26(36)17-4-5-18-13-29-24(21(18)10-17)25(35)30-20-15-37-16-20/h4-5,10,14,20H,6-9,11-13,15-16H2,1-3H3,(H,30,35). The number of aromatic nitrogens is 2. The van der Waals surface area contributed by atoms with Crippen molar-refractivity contribution in [3.8, 4) is 0 Å². The summed E-state index contributed by atoms with van der Waals surface area (Å²) in [6.07, 6.45) is 4.92. The van der Waals surface area contributed by atoms with Crippen LogP contribution in [0.3, 0.4) is 0 Å². The minimum absolute atomic E-state index is 0.0234. The van der Waals surface area contributed by atoms with Gasteiger partial charge in [0.1, 0.15) is 11.4 Å². The van der Waals surface area contributed by atoms with Crippen molar-refractivity contribution in [2.24, 2.45) is 10.4 Å². The second-order valence-electron chi connectivity index (χ2n) is 11.9. The summed E-state index contributed by atoms with van der Waals surface area (Å²) in [5, 5.41) is 7.53. The van der Waals surface area contributed by atoms with Gasteiger partial charge in [-0.15, -0.1) is 0 Å². The van der Waals surface area contributed by atoms with E-state index in [0.29, 0.717) is 56.2 Å². The fourth-order valence-electron chi connectivity index (χ4n) is 5.81. The molecule has 1 aromatic carbocycles. The molecule has 2 saturated heterocycles. The monoisotopic (exact) mass is 503 g/mol. The number of hydrogen-bond donors (Lipinski definition) is 1. The van der Waals surface area contributed by atoms with E-state index in [1.165, 1.54) is 0 Å². The molecule has 6 rings (SSSR count). The lowest BCUT2D eigenvalue weighted by atomic mass is 9.67. The van der Waals surface area contributed by atoms with Crippen molar-refractivity contribution in [3.63, 3.8) is 0 Å². The highest BCUT2D eigenvalue weighted by atomic mass is 16.5. The van der Waals surface area contributed by atoms with E-state index in [1.54, 1.807) is 0 Å². The smallest absolute Gasteiger partial charge is 0.270 e. The van der Waals surface area contributed by atoms with E-state index in [4.69, 9.17) is 4.74 Å². The number of aliphatic imine (C=N–C) groups is 1. The molecule has 1 spiro atoms. The number of carbonyl (C=O) groups is 3. The first-order chi connectivity index (χ1) is 17.6. The zero-order chi connectivity index (χ0) is 25.9. The molecule has 1 N–H and O–H groups in total. The van der Waals surface area contributed by atoms with Gasteiger partial charge in [0.05, 0.1) is 31.3 Å². The number of likely N-dealkylation sites (tertiary alicyclic amines) is 1. The molecule has 1 aromatic heterocycles. The van der Waals surface area contributed by atoms with Crippen LogP contribution in [0.15, 0.2) is 29.4 Å². The van der Waals surface area contributed by atoms with Crippen LogP contribution in [0.2, 0.25) is 0 Å². The van der Waals surface area contributed by atoms with Crippen LogP contribution in [-0.2, 0) is 28.0 Å². The van der Waals surface area contributed by atoms with Gasteiger partial charge in [-0.1, -0.05) is 6.07 Å². The maximum Gasteiger partial charge on any atom is 0.270 e. The zero-order valence-electron chi connectivity index (χ0n) is 21.7. The van der Waals surface area contributed by atoms with E-state index >= 15 is 0 Å². The quantitative estimate of drug-likeness (QED) is 0.693. The summed E-state index contributed by atoms with van der Waals surface area (Å²) in [6.45, 7) is 8.95. The molecule has 2 amide bonds. The van der Waals surface area contributed by atoms with Gasteiger partial charge in [-0.3, -0.25) is 24.1 Å². The highest BCUT2D eigenvalue weighted by molar-refractivity contribution is 6.46. The molecular formula is C28H33N5O4. The van der Waals surface area contributed by atoms with E-state index in [-0.39, 0.29) is 34.6 Å². The van der Waals surface area contributed by atoms with Crippen LogP contribution in [0.5, 0.6) is 0 Å². The number of nitrogens with zero attached hydrogens (tertiary/aromatic N) is 4. The molecule has 0 radical (unpaired) electrons. The molecule has 9 heteroatoms. The summed E-state index contributed by atoms with van der Waals surface area (Å²) in [7, 11) is 0. The maximum absolute atomic E-state index is 13.4. The fourth-order valence-corrected chi connectivity index (χ4v) is 5.81. The predicted molar refractivity (Wildman–Crippen MR) is 137 cm³/mol. The van der Waals surface area contributed by atoms with Crippen LogP contribution in [-0.4, -0.2) is 70.3 Å². The number of ether oxygens (including phenoxy) is 1. The molecule has 4 heterocycles. The minimum atomic E-state index is -0.215. The van der Waals surface area contributed by atoms with E-state index < -0.39 is 0 Å². The summed E-state index contributed by atoms with van der Waals surface area (Å²) in [5.74, 6) is -0.144. The SMILES string of the molecule is CC(C)(C)n1cc2c(n1)C(=O)CC1(CCN(C(=O)c3ccc4c(c3)C(C(=O)NC3COC3)=NC4)CC1)C2. The van der Waals surface area contributed by atoms with Crippen molar-refractivity contribution in [1.29, 1.82) is 0 Å². The van der Waals surface area contributed by atoms with E-state index in [0.717, 1.165) is 36.0 Å². The van der Waals surface area contributed by atoms with Crippen LogP contribution in [0.4, 0.5) is 0 Å². The largest absolute Gasteiger partial charge is 0.377 e. The Bertz CT molecular complexity index is 1320. The topological polar surface area (TPSA) is 106 Å². The van der Waals surface area contributed by atoms with Crippen LogP contribution in [0.1, 0.15) is 77.6 Å². The Morgan fingerprint density at radius 2 is 1.86 bits per heavy atom. The Morgan fingerprint density at radius 1 is 1.11 bits per heavy atom. The van der Waals surface area contributed by atoms with Crippen molar-refractivity contribution in [2.75, 3.05) is 26.3 Å². The van der Waals surface area contributed by atoms with E-state index in [9.17, 15) is 14.4 Å². The van der Waals surface area contributed by atoms with Crippen molar-refractivity contribution >= 4 is 23.3 Å². The lowest BCUT2D eigenvalue weighted by molar-refractivity contribution is -0.118. The number of hydrogen-bond acceptors (Lipinski definition) is 6. The molecule has 194 valence electrons. The Kier molecular flexibility index (Phi) is 5.60. The second-order valence-corrected chi connectivity index (χ2v) is 11.9. The van der Waals surface area contributed by atoms with Gasteiger partial charge in [0.15, 0.2) is 5.78 Å². The van der Waals surface area contributed by atoms with E-state index in [2.05, 4.69) is 36.2 Å². The molecule has 2 aromatic rings. The molecule has 0 bridgehead atoms. The first kappa shape index (κ1) is 24.0. The van der Waals surface area contributed by atoms with Gasteiger partial charge in [-0.25, -0.2) is 0 Å². The molecule has 1 aliphatic carbocycles. The highest BCUT2D eigenvalue weighted by Crippen LogP contribution is 2.43. The molecule has 0 unspecified atom stereocenters. The summed E-state index contributed by atoms with van der Waals surface area (Å²) in [4.78, 5) is 45.5. The lowest BCUT2D eigenvalue weighted by Gasteiger charge is -2.43. The average Bonchev–Trinajstić information content (AvgIpc) is 3.45. The highest BCUT2D eigenvalue weighted by Gasteiger charge is 2.43. The third kappa shape index (κ3) is 4.29. The number of fused-ring (bicyclic) bond motifs is 2. The first-order valence-electron chi connectivity index (χ1n) is 13.1. The third-order valence-electron chi connectivity index (χ3n) is 8.16. The number of rotatable bonds is 3. The summed E-state index contributed by atoms with van der Waals surface area (Å²) >= 11 is 0. The Labute approximate surface area is 216 Å². The Hall–Kier alpha value is -3.33.